The number of anilines is 1. The average molecular weight is 278 g/mol. The Kier molecular flexibility index (Phi) is 4.36. The summed E-state index contributed by atoms with van der Waals surface area (Å²) in [4.78, 5) is 11.5. The highest BCUT2D eigenvalue weighted by Crippen LogP contribution is 2.20. The van der Waals surface area contributed by atoms with Gasteiger partial charge in [-0.15, -0.1) is 11.6 Å². The van der Waals surface area contributed by atoms with Crippen LogP contribution < -0.4 is 4.72 Å². The molecule has 17 heavy (non-hydrogen) atoms. The van der Waals surface area contributed by atoms with Crippen molar-refractivity contribution in [3.8, 4) is 0 Å². The summed E-state index contributed by atoms with van der Waals surface area (Å²) >= 11 is 5.27. The smallest absolute Gasteiger partial charge is 0.340 e. The number of methoxy groups -OCH3 is 1. The molecule has 1 aromatic carbocycles. The lowest BCUT2D eigenvalue weighted by molar-refractivity contribution is 0.0602. The second-order valence-corrected chi connectivity index (χ2v) is 5.67. The molecule has 1 N–H and O–H groups in total. The summed E-state index contributed by atoms with van der Waals surface area (Å²) in [7, 11) is -2.42. The van der Waals surface area contributed by atoms with E-state index in [9.17, 15) is 13.2 Å². The molecule has 0 aliphatic heterocycles. The summed E-state index contributed by atoms with van der Waals surface area (Å²) in [5, 5.41) is -0.582. The van der Waals surface area contributed by atoms with Gasteiger partial charge in [0.1, 0.15) is 5.21 Å². The number of sulfonamides is 1. The van der Waals surface area contributed by atoms with E-state index in [1.165, 1.54) is 19.2 Å². The van der Waals surface area contributed by atoms with Crippen LogP contribution in [0.15, 0.2) is 18.2 Å². The van der Waals surface area contributed by atoms with E-state index >= 15 is 0 Å². The van der Waals surface area contributed by atoms with E-state index in [1.54, 1.807) is 13.0 Å². The number of nitrogens with one attached hydrogen (secondary N) is 1. The predicted octanol–water partition coefficient (Wildman–Crippen LogP) is 1.72. The highest BCUT2D eigenvalue weighted by Gasteiger charge is 2.16. The number of alkyl halides is 1. The van der Waals surface area contributed by atoms with Crippen molar-refractivity contribution < 1.29 is 17.9 Å². The first-order valence-corrected chi connectivity index (χ1v) is 6.83. The van der Waals surface area contributed by atoms with Gasteiger partial charge in [-0.05, 0) is 19.1 Å². The molecule has 0 aliphatic carbocycles. The topological polar surface area (TPSA) is 72.5 Å². The molecule has 0 spiro atoms. The summed E-state index contributed by atoms with van der Waals surface area (Å²) in [5.41, 5.74) is 1.13. The van der Waals surface area contributed by atoms with Crippen LogP contribution in [0.1, 0.15) is 15.9 Å². The summed E-state index contributed by atoms with van der Waals surface area (Å²) in [6.07, 6.45) is 0. The number of ether oxygens (including phenoxy) is 1. The van der Waals surface area contributed by atoms with Gasteiger partial charge < -0.3 is 4.74 Å². The monoisotopic (exact) mass is 277 g/mol. The Balaban J connectivity index is 3.20. The van der Waals surface area contributed by atoms with Crippen molar-refractivity contribution in [3.63, 3.8) is 0 Å². The fourth-order valence-corrected chi connectivity index (χ4v) is 1.95. The van der Waals surface area contributed by atoms with Crippen LogP contribution in [0.3, 0.4) is 0 Å². The first kappa shape index (κ1) is 13.8. The molecule has 0 aromatic heterocycles. The molecule has 0 heterocycles. The lowest BCUT2D eigenvalue weighted by atomic mass is 10.1. The third kappa shape index (κ3) is 3.61. The predicted molar refractivity (Wildman–Crippen MR) is 65.8 cm³/mol. The van der Waals surface area contributed by atoms with Crippen LogP contribution in [0, 0.1) is 6.92 Å². The maximum absolute atomic E-state index is 11.5. The molecule has 0 saturated carbocycles. The molecule has 5 nitrogen and oxygen atoms in total. The van der Waals surface area contributed by atoms with E-state index in [0.29, 0.717) is 0 Å². The maximum Gasteiger partial charge on any atom is 0.340 e. The van der Waals surface area contributed by atoms with E-state index < -0.39 is 21.2 Å². The summed E-state index contributed by atoms with van der Waals surface area (Å²) < 4.78 is 29.4. The minimum absolute atomic E-state index is 0.154. The first-order chi connectivity index (χ1) is 7.89. The largest absolute Gasteiger partial charge is 0.465 e. The van der Waals surface area contributed by atoms with E-state index in [1.807, 2.05) is 0 Å². The molecule has 0 saturated heterocycles. The van der Waals surface area contributed by atoms with Crippen molar-refractivity contribution in [1.29, 1.82) is 0 Å². The van der Waals surface area contributed by atoms with Gasteiger partial charge in [-0.2, -0.15) is 0 Å². The minimum atomic E-state index is -3.64. The highest BCUT2D eigenvalue weighted by atomic mass is 35.5. The fourth-order valence-electron chi connectivity index (χ4n) is 1.22. The molecule has 0 aliphatic rings. The van der Waals surface area contributed by atoms with Crippen LogP contribution in [0.5, 0.6) is 0 Å². The van der Waals surface area contributed by atoms with Crippen LogP contribution in [-0.2, 0) is 14.8 Å². The average Bonchev–Trinajstić information content (AvgIpc) is 2.30. The molecule has 1 rings (SSSR count). The summed E-state index contributed by atoms with van der Waals surface area (Å²) in [5.74, 6) is -0.610. The van der Waals surface area contributed by atoms with Gasteiger partial charge in [-0.3, -0.25) is 4.72 Å². The van der Waals surface area contributed by atoms with Gasteiger partial charge in [-0.1, -0.05) is 11.6 Å². The quantitative estimate of drug-likeness (QED) is 0.672. The second-order valence-electron chi connectivity index (χ2n) is 3.37. The molecule has 94 valence electrons. The molecular weight excluding hydrogens is 266 g/mol. The van der Waals surface area contributed by atoms with Crippen molar-refractivity contribution in [2.24, 2.45) is 0 Å². The highest BCUT2D eigenvalue weighted by molar-refractivity contribution is 7.93. The molecule has 7 heteroatoms. The van der Waals surface area contributed by atoms with Gasteiger partial charge in [0.05, 0.1) is 18.4 Å². The Bertz CT molecular complexity index is 527. The van der Waals surface area contributed by atoms with Crippen molar-refractivity contribution in [3.05, 3.63) is 29.3 Å². The Labute approximate surface area is 105 Å². The molecule has 0 fully saturated rings. The molecule has 0 amide bonds. The number of aryl methyl sites for hydroxylation is 1. The normalized spacial score (nSPS) is 11.0. The zero-order valence-electron chi connectivity index (χ0n) is 9.36. The Morgan fingerprint density at radius 3 is 2.65 bits per heavy atom. The third-order valence-electron chi connectivity index (χ3n) is 1.99. The van der Waals surface area contributed by atoms with Crippen LogP contribution >= 0.6 is 11.6 Å². The number of benzene rings is 1. The maximum atomic E-state index is 11.5. The number of carbonyl (C=O) groups excluding carboxylic acids is 1. The van der Waals surface area contributed by atoms with Gasteiger partial charge >= 0.3 is 5.97 Å². The summed E-state index contributed by atoms with van der Waals surface area (Å²) in [6.45, 7) is 1.78. The van der Waals surface area contributed by atoms with Crippen LogP contribution in [0.4, 0.5) is 5.69 Å². The van der Waals surface area contributed by atoms with E-state index in [-0.39, 0.29) is 11.3 Å². The first-order valence-electron chi connectivity index (χ1n) is 4.65. The number of hydrogen-bond donors (Lipinski definition) is 1. The lowest BCUT2D eigenvalue weighted by Gasteiger charge is -2.10. The Morgan fingerprint density at radius 1 is 1.47 bits per heavy atom. The fraction of sp³-hybridized carbons (Fsp3) is 0.300. The summed E-state index contributed by atoms with van der Waals surface area (Å²) in [6, 6.07) is 4.71. The third-order valence-corrected chi connectivity index (χ3v) is 3.67. The molecule has 0 bridgehead atoms. The Hall–Kier alpha value is -1.27. The molecule has 0 radical (unpaired) electrons. The number of halogens is 1. The molecule has 0 atom stereocenters. The minimum Gasteiger partial charge on any atom is -0.465 e. The van der Waals surface area contributed by atoms with E-state index in [2.05, 4.69) is 9.46 Å². The number of esters is 1. The van der Waals surface area contributed by atoms with Crippen molar-refractivity contribution in [1.82, 2.24) is 0 Å². The van der Waals surface area contributed by atoms with Crippen LogP contribution in [0.25, 0.3) is 0 Å². The zero-order chi connectivity index (χ0) is 13.1. The van der Waals surface area contributed by atoms with Crippen LogP contribution in [0.2, 0.25) is 0 Å². The lowest BCUT2D eigenvalue weighted by Crippen LogP contribution is -2.16. The van der Waals surface area contributed by atoms with Crippen molar-refractivity contribution >= 4 is 33.3 Å². The van der Waals surface area contributed by atoms with E-state index in [4.69, 9.17) is 11.6 Å². The van der Waals surface area contributed by atoms with Gasteiger partial charge in [-0.25, -0.2) is 13.2 Å². The molecular formula is C10H12ClNO4S. The molecule has 0 unspecified atom stereocenters. The van der Waals surface area contributed by atoms with Crippen molar-refractivity contribution in [2.45, 2.75) is 6.92 Å². The number of hydrogen-bond acceptors (Lipinski definition) is 4. The standard InChI is InChI=1S/C10H12ClNO4S/c1-7-3-4-9(12-17(14,15)6-11)8(5-7)10(13)16-2/h3-5,12H,6H2,1-2H3. The van der Waals surface area contributed by atoms with E-state index in [0.717, 1.165) is 5.56 Å². The van der Waals surface area contributed by atoms with Gasteiger partial charge in [0, 0.05) is 0 Å². The van der Waals surface area contributed by atoms with Gasteiger partial charge in [0.25, 0.3) is 0 Å². The van der Waals surface area contributed by atoms with Gasteiger partial charge in [0.2, 0.25) is 10.0 Å². The molecule has 1 aromatic rings. The SMILES string of the molecule is COC(=O)c1cc(C)ccc1NS(=O)(=O)CCl. The Morgan fingerprint density at radius 2 is 2.12 bits per heavy atom. The number of rotatable bonds is 4. The second kappa shape index (κ2) is 5.37. The zero-order valence-corrected chi connectivity index (χ0v) is 10.9. The van der Waals surface area contributed by atoms with Gasteiger partial charge in [0.15, 0.2) is 0 Å². The number of carbonyl (C=O) groups is 1. The van der Waals surface area contributed by atoms with Crippen molar-refractivity contribution in [2.75, 3.05) is 17.0 Å². The van der Waals surface area contributed by atoms with Crippen LogP contribution in [-0.4, -0.2) is 26.7 Å².